The van der Waals surface area contributed by atoms with Gasteiger partial charge in [0, 0.05) is 56.0 Å². The van der Waals surface area contributed by atoms with Gasteiger partial charge in [-0.3, -0.25) is 4.90 Å². The van der Waals surface area contributed by atoms with Crippen LogP contribution >= 0.6 is 34.5 Å². The normalized spacial score (nSPS) is 20.4. The summed E-state index contributed by atoms with van der Waals surface area (Å²) in [6.07, 6.45) is 4.35. The topological polar surface area (TPSA) is 138 Å². The van der Waals surface area contributed by atoms with E-state index < -0.39 is 17.8 Å². The highest BCUT2D eigenvalue weighted by Gasteiger charge is 2.45. The minimum Gasteiger partial charge on any atom is -0.461 e. The van der Waals surface area contributed by atoms with E-state index in [1.807, 2.05) is 0 Å². The monoisotopic (exact) mass is 732 g/mol. The molecule has 2 aromatic heterocycles. The average Bonchev–Trinajstić information content (AvgIpc) is 3.57. The van der Waals surface area contributed by atoms with Gasteiger partial charge in [0.05, 0.1) is 33.5 Å². The van der Waals surface area contributed by atoms with Gasteiger partial charge in [-0.15, -0.1) is 0 Å². The molecule has 1 unspecified atom stereocenters. The number of ether oxygens (including phenoxy) is 2. The molecule has 0 amide bonds. The number of piperidine rings is 1. The van der Waals surface area contributed by atoms with Gasteiger partial charge in [0.15, 0.2) is 16.7 Å². The van der Waals surface area contributed by atoms with Crippen molar-refractivity contribution in [3.8, 4) is 11.3 Å². The second-order valence-corrected chi connectivity index (χ2v) is 14.5. The lowest BCUT2D eigenvalue weighted by Crippen LogP contribution is -2.46. The number of carbonyl (C=O) groups excluding carboxylic acids is 2. The van der Waals surface area contributed by atoms with Crippen LogP contribution in [0.15, 0.2) is 34.9 Å². The van der Waals surface area contributed by atoms with Crippen molar-refractivity contribution in [1.29, 1.82) is 0 Å². The van der Waals surface area contributed by atoms with E-state index in [9.17, 15) is 19.8 Å². The first-order valence-corrected chi connectivity index (χ1v) is 18.0. The van der Waals surface area contributed by atoms with Gasteiger partial charge in [-0.25, -0.2) is 19.0 Å². The Hall–Kier alpha value is -3.33. The maximum Gasteiger partial charge on any atom is 0.344 e. The predicted molar refractivity (Wildman–Crippen MR) is 182 cm³/mol. The molecule has 1 aliphatic carbocycles. The number of hydrogen-bond acceptors (Lipinski definition) is 12. The number of aromatic nitrogens is 2. The highest BCUT2D eigenvalue weighted by atomic mass is 35.5. The van der Waals surface area contributed by atoms with E-state index in [4.69, 9.17) is 37.2 Å². The van der Waals surface area contributed by atoms with Crippen LogP contribution in [0.25, 0.3) is 21.5 Å². The number of fused-ring (bicyclic) bond motifs is 3. The van der Waals surface area contributed by atoms with E-state index in [-0.39, 0.29) is 66.3 Å². The molecule has 2 N–H and O–H groups in total. The number of nitrogens with zero attached hydrogens (tertiary/aromatic N) is 4. The first kappa shape index (κ1) is 34.1. The number of carbonyl (C=O) groups is 2. The molecule has 2 saturated heterocycles. The molecule has 0 spiro atoms. The molecule has 2 aromatic carbocycles. The number of aliphatic hydroxyl groups excluding tert-OH is 2. The van der Waals surface area contributed by atoms with Gasteiger partial charge < -0.3 is 29.1 Å². The molecule has 3 atom stereocenters. The van der Waals surface area contributed by atoms with Crippen molar-refractivity contribution < 1.29 is 38.2 Å². The van der Waals surface area contributed by atoms with E-state index in [0.29, 0.717) is 63.7 Å². The Morgan fingerprint density at radius 2 is 1.71 bits per heavy atom. The van der Waals surface area contributed by atoms with Crippen LogP contribution in [0.5, 0.6) is 0 Å². The molecule has 3 fully saturated rings. The van der Waals surface area contributed by atoms with E-state index >= 15 is 4.39 Å². The summed E-state index contributed by atoms with van der Waals surface area (Å²) in [5.74, 6) is -1.18. The van der Waals surface area contributed by atoms with Crippen LogP contribution in [-0.2, 0) is 9.47 Å². The van der Waals surface area contributed by atoms with Crippen LogP contribution in [0.2, 0.25) is 10.0 Å². The second kappa shape index (κ2) is 14.5. The zero-order valence-corrected chi connectivity index (χ0v) is 28.8. The molecule has 49 heavy (non-hydrogen) atoms. The molecule has 11 nitrogen and oxygen atoms in total. The summed E-state index contributed by atoms with van der Waals surface area (Å²) in [7, 11) is 0. The summed E-state index contributed by atoms with van der Waals surface area (Å²) in [4.78, 5) is 35.2. The first-order valence-electron chi connectivity index (χ1n) is 16.4. The van der Waals surface area contributed by atoms with Gasteiger partial charge in [-0.1, -0.05) is 45.8 Å². The lowest BCUT2D eigenvalue weighted by atomic mass is 9.99. The van der Waals surface area contributed by atoms with Crippen LogP contribution in [0, 0.1) is 5.82 Å². The number of aliphatic hydroxyl groups is 2. The fourth-order valence-electron chi connectivity index (χ4n) is 6.94. The van der Waals surface area contributed by atoms with Gasteiger partial charge in [0.25, 0.3) is 0 Å². The quantitative estimate of drug-likeness (QED) is 0.155. The van der Waals surface area contributed by atoms with Crippen molar-refractivity contribution in [3.05, 3.63) is 63.1 Å². The molecule has 3 aliphatic rings. The molecule has 15 heteroatoms. The van der Waals surface area contributed by atoms with Crippen LogP contribution in [0.3, 0.4) is 0 Å². The highest BCUT2D eigenvalue weighted by molar-refractivity contribution is 7.22. The SMILES string of the molecule is O=C(OCCN(CCO)CCO)c1cc(F)c2nc(N3[C@@H]4CC[C@H]3CC(OC(=O)c3c(-c5c(Cl)cccc5Cl)noc3C3CC3)C4)sc2c1. The number of thiazole rings is 1. The van der Waals surface area contributed by atoms with Crippen molar-refractivity contribution in [2.75, 3.05) is 44.4 Å². The minimum atomic E-state index is -0.663. The molecule has 4 heterocycles. The lowest BCUT2D eigenvalue weighted by molar-refractivity contribution is 0.0202. The van der Waals surface area contributed by atoms with E-state index in [1.165, 1.54) is 11.3 Å². The zero-order valence-electron chi connectivity index (χ0n) is 26.4. The number of anilines is 1. The number of halogens is 3. The van der Waals surface area contributed by atoms with E-state index in [2.05, 4.69) is 15.0 Å². The smallest absolute Gasteiger partial charge is 0.344 e. The van der Waals surface area contributed by atoms with Gasteiger partial charge >= 0.3 is 11.9 Å². The van der Waals surface area contributed by atoms with Crippen molar-refractivity contribution >= 4 is 61.8 Å². The number of hydrogen-bond donors (Lipinski definition) is 2. The van der Waals surface area contributed by atoms with Crippen molar-refractivity contribution in [1.82, 2.24) is 15.0 Å². The fraction of sp³-hybridized carbons (Fsp3) is 0.471. The summed E-state index contributed by atoms with van der Waals surface area (Å²) in [6, 6.07) is 7.90. The molecule has 4 aromatic rings. The highest BCUT2D eigenvalue weighted by Crippen LogP contribution is 2.47. The maximum atomic E-state index is 15.3. The third-order valence-electron chi connectivity index (χ3n) is 9.40. The first-order chi connectivity index (χ1) is 23.7. The van der Waals surface area contributed by atoms with Gasteiger partial charge in [-0.2, -0.15) is 0 Å². The third kappa shape index (κ3) is 7.02. The lowest BCUT2D eigenvalue weighted by Gasteiger charge is -2.38. The molecular weight excluding hydrogens is 698 g/mol. The average molecular weight is 734 g/mol. The Morgan fingerprint density at radius 3 is 2.37 bits per heavy atom. The standard InChI is InChI=1S/C34H35Cl2FN4O7S/c35-23-2-1-3-24(36)27(23)30-28(31(48-39-30)18-4-5-18)33(45)47-22-16-20-6-7-21(17-22)41(20)34-38-29-25(37)14-19(15-26(29)49-34)32(44)46-13-10-40(8-11-42)9-12-43/h1-3,14-15,18,20-22,42-43H,4-13,16-17H2/t20-,21+,22?. The second-order valence-electron chi connectivity index (χ2n) is 12.7. The molecule has 0 radical (unpaired) electrons. The van der Waals surface area contributed by atoms with Crippen LogP contribution in [0.4, 0.5) is 9.52 Å². The number of esters is 2. The summed E-state index contributed by atoms with van der Waals surface area (Å²) in [5, 5.41) is 23.9. The summed E-state index contributed by atoms with van der Waals surface area (Å²) in [5.41, 5.74) is 1.27. The van der Waals surface area contributed by atoms with Gasteiger partial charge in [-0.05, 0) is 49.9 Å². The molecule has 7 rings (SSSR count). The summed E-state index contributed by atoms with van der Waals surface area (Å²) < 4.78 is 33.0. The largest absolute Gasteiger partial charge is 0.461 e. The molecule has 2 aliphatic heterocycles. The zero-order chi connectivity index (χ0) is 34.2. The Morgan fingerprint density at radius 1 is 1.02 bits per heavy atom. The van der Waals surface area contributed by atoms with Gasteiger partial charge in [0.1, 0.15) is 29.5 Å². The molecule has 1 saturated carbocycles. The summed E-state index contributed by atoms with van der Waals surface area (Å²) >= 11 is 14.3. The van der Waals surface area contributed by atoms with Crippen LogP contribution in [0.1, 0.15) is 70.9 Å². The maximum absolute atomic E-state index is 15.3. The molecule has 260 valence electrons. The van der Waals surface area contributed by atoms with Crippen LogP contribution < -0.4 is 4.90 Å². The number of rotatable bonds is 13. The number of benzene rings is 2. The van der Waals surface area contributed by atoms with Crippen LogP contribution in [-0.4, -0.2) is 94.8 Å². The fourth-order valence-corrected chi connectivity index (χ4v) is 8.68. The summed E-state index contributed by atoms with van der Waals surface area (Å²) in [6.45, 7) is 0.871. The third-order valence-corrected chi connectivity index (χ3v) is 11.0. The molecule has 2 bridgehead atoms. The Labute approximate surface area is 295 Å². The van der Waals surface area contributed by atoms with Gasteiger partial charge in [0.2, 0.25) is 0 Å². The Kier molecular flexibility index (Phi) is 10.1. The predicted octanol–water partition coefficient (Wildman–Crippen LogP) is 6.07. The van der Waals surface area contributed by atoms with Crippen molar-refractivity contribution in [2.45, 2.75) is 62.6 Å². The van der Waals surface area contributed by atoms with E-state index in [0.717, 1.165) is 31.7 Å². The van der Waals surface area contributed by atoms with Crippen molar-refractivity contribution in [3.63, 3.8) is 0 Å². The Balaban J connectivity index is 1.04. The van der Waals surface area contributed by atoms with Crippen molar-refractivity contribution in [2.24, 2.45) is 0 Å². The minimum absolute atomic E-state index is 0.0311. The Bertz CT molecular complexity index is 1830. The molecular formula is C34H35Cl2FN4O7S. The van der Waals surface area contributed by atoms with E-state index in [1.54, 1.807) is 29.2 Å².